The van der Waals surface area contributed by atoms with Crippen molar-refractivity contribution >= 4 is 49.5 Å². The Morgan fingerprint density at radius 2 is 2.12 bits per heavy atom. The first kappa shape index (κ1) is 17.6. The maximum absolute atomic E-state index is 9.84. The van der Waals surface area contributed by atoms with Crippen molar-refractivity contribution in [1.82, 2.24) is 9.97 Å². The van der Waals surface area contributed by atoms with E-state index in [2.05, 4.69) is 56.3 Å². The third kappa shape index (κ3) is 3.74. The Bertz CT molecular complexity index is 940. The van der Waals surface area contributed by atoms with Gasteiger partial charge in [-0.05, 0) is 45.6 Å². The van der Waals surface area contributed by atoms with Gasteiger partial charge in [0.05, 0.1) is 23.2 Å². The second-order valence-electron chi connectivity index (χ2n) is 5.67. The predicted octanol–water partition coefficient (Wildman–Crippen LogP) is 4.74. The van der Waals surface area contributed by atoms with Gasteiger partial charge in [0, 0.05) is 4.88 Å². The molecule has 0 amide bonds. The fourth-order valence-electron chi connectivity index (χ4n) is 2.24. The van der Waals surface area contributed by atoms with Crippen molar-refractivity contribution in [3.05, 3.63) is 39.4 Å². The number of halogens is 1. The van der Waals surface area contributed by atoms with Crippen LogP contribution in [0, 0.1) is 0 Å². The van der Waals surface area contributed by atoms with Crippen LogP contribution in [0.1, 0.15) is 30.2 Å². The van der Waals surface area contributed by atoms with E-state index in [0.29, 0.717) is 22.0 Å². The average Bonchev–Trinajstić information content (AvgIpc) is 3.03. The van der Waals surface area contributed by atoms with Gasteiger partial charge >= 0.3 is 0 Å². The first-order valence-electron chi connectivity index (χ1n) is 7.59. The molecule has 0 atom stereocenters. The summed E-state index contributed by atoms with van der Waals surface area (Å²) in [6.07, 6.45) is 3.16. The quantitative estimate of drug-likeness (QED) is 0.460. The minimum absolute atomic E-state index is 0.0598. The number of anilines is 1. The number of hydrogen-bond acceptors (Lipinski definition) is 7. The normalized spacial score (nSPS) is 11.6. The van der Waals surface area contributed by atoms with Gasteiger partial charge in [0.25, 0.3) is 0 Å². The largest absolute Gasteiger partial charge is 0.503 e. The zero-order chi connectivity index (χ0) is 18.0. The monoisotopic (exact) mass is 420 g/mol. The molecule has 1 aromatic carbocycles. The molecule has 3 rings (SSSR count). The number of hydrogen-bond donors (Lipinski definition) is 2. The van der Waals surface area contributed by atoms with Gasteiger partial charge in [-0.15, -0.1) is 11.3 Å². The number of nitrogens with zero attached hydrogens (tertiary/aromatic N) is 3. The third-order valence-electron chi connectivity index (χ3n) is 3.57. The van der Waals surface area contributed by atoms with Crippen LogP contribution < -0.4 is 10.2 Å². The van der Waals surface area contributed by atoms with Gasteiger partial charge in [0.1, 0.15) is 11.2 Å². The highest BCUT2D eigenvalue weighted by atomic mass is 79.9. The van der Waals surface area contributed by atoms with Gasteiger partial charge < -0.3 is 9.84 Å². The Labute approximate surface area is 157 Å². The molecule has 0 unspecified atom stereocenters. The lowest BCUT2D eigenvalue weighted by Gasteiger charge is -2.06. The Hall–Kier alpha value is -2.19. The Morgan fingerprint density at radius 3 is 2.84 bits per heavy atom. The maximum atomic E-state index is 9.84. The van der Waals surface area contributed by atoms with Gasteiger partial charge in [-0.1, -0.05) is 13.8 Å². The van der Waals surface area contributed by atoms with E-state index in [1.54, 1.807) is 29.7 Å². The fraction of sp³-hybridized carbons (Fsp3) is 0.235. The van der Waals surface area contributed by atoms with Crippen molar-refractivity contribution < 1.29 is 9.84 Å². The molecule has 0 fully saturated rings. The molecule has 0 aliphatic rings. The molecule has 130 valence electrons. The van der Waals surface area contributed by atoms with Crippen LogP contribution in [-0.2, 0) is 0 Å². The molecular formula is C17H17BrN4O2S. The summed E-state index contributed by atoms with van der Waals surface area (Å²) < 4.78 is 5.67. The van der Waals surface area contributed by atoms with Crippen LogP contribution in [0.15, 0.2) is 34.1 Å². The summed E-state index contributed by atoms with van der Waals surface area (Å²) in [7, 11) is 1.50. The number of ether oxygens (including phenoxy) is 1. The van der Waals surface area contributed by atoms with Crippen LogP contribution in [0.2, 0.25) is 0 Å². The van der Waals surface area contributed by atoms with E-state index in [1.807, 2.05) is 0 Å². The first-order chi connectivity index (χ1) is 12.0. The predicted molar refractivity (Wildman–Crippen MR) is 105 cm³/mol. The van der Waals surface area contributed by atoms with Crippen molar-refractivity contribution in [2.45, 2.75) is 19.8 Å². The number of phenolic OH excluding ortho intramolecular Hbond substituents is 1. The third-order valence-corrected chi connectivity index (χ3v) is 5.52. The topological polar surface area (TPSA) is 79.6 Å². The standard InChI is InChI=1S/C17H17BrN4O2S/c1-9(2)14-6-11-16(19-8-20-17(11)25-14)22-21-7-10-4-12(18)15(23)13(5-10)24-3/h4-9,23H,1-3H3,(H,19,20,22)/b21-7+. The van der Waals surface area contributed by atoms with Crippen LogP contribution in [-0.4, -0.2) is 28.4 Å². The second kappa shape index (κ2) is 7.37. The van der Waals surface area contributed by atoms with E-state index >= 15 is 0 Å². The number of rotatable bonds is 5. The van der Waals surface area contributed by atoms with E-state index in [4.69, 9.17) is 4.74 Å². The summed E-state index contributed by atoms with van der Waals surface area (Å²) in [5, 5.41) is 15.0. The lowest BCUT2D eigenvalue weighted by Crippen LogP contribution is -1.95. The summed E-state index contributed by atoms with van der Waals surface area (Å²) in [6.45, 7) is 4.30. The smallest absolute Gasteiger partial charge is 0.172 e. The number of aromatic nitrogens is 2. The van der Waals surface area contributed by atoms with Gasteiger partial charge in [0.15, 0.2) is 17.3 Å². The van der Waals surface area contributed by atoms with Crippen molar-refractivity contribution in [2.75, 3.05) is 12.5 Å². The van der Waals surface area contributed by atoms with Gasteiger partial charge in [-0.25, -0.2) is 9.97 Å². The number of thiophene rings is 1. The van der Waals surface area contributed by atoms with E-state index in [-0.39, 0.29) is 5.75 Å². The molecule has 2 heterocycles. The number of aromatic hydroxyl groups is 1. The van der Waals surface area contributed by atoms with Crippen molar-refractivity contribution in [3.63, 3.8) is 0 Å². The average molecular weight is 421 g/mol. The zero-order valence-electron chi connectivity index (χ0n) is 13.9. The van der Waals surface area contributed by atoms with Crippen LogP contribution in [0.5, 0.6) is 11.5 Å². The molecule has 25 heavy (non-hydrogen) atoms. The highest BCUT2D eigenvalue weighted by Crippen LogP contribution is 2.35. The summed E-state index contributed by atoms with van der Waals surface area (Å²) in [5.41, 5.74) is 3.74. The van der Waals surface area contributed by atoms with E-state index < -0.39 is 0 Å². The Kier molecular flexibility index (Phi) is 5.19. The molecular weight excluding hydrogens is 404 g/mol. The van der Waals surface area contributed by atoms with Crippen LogP contribution >= 0.6 is 27.3 Å². The molecule has 8 heteroatoms. The van der Waals surface area contributed by atoms with Gasteiger partial charge in [-0.3, -0.25) is 5.43 Å². The summed E-state index contributed by atoms with van der Waals surface area (Å²) in [5.74, 6) is 1.54. The highest BCUT2D eigenvalue weighted by Gasteiger charge is 2.11. The second-order valence-corrected chi connectivity index (χ2v) is 7.58. The molecule has 0 saturated heterocycles. The molecule has 0 saturated carbocycles. The van der Waals surface area contributed by atoms with Crippen LogP contribution in [0.3, 0.4) is 0 Å². The van der Waals surface area contributed by atoms with Crippen molar-refractivity contribution in [1.29, 1.82) is 0 Å². The number of phenols is 1. The zero-order valence-corrected chi connectivity index (χ0v) is 16.3. The number of fused-ring (bicyclic) bond motifs is 1. The first-order valence-corrected chi connectivity index (χ1v) is 9.20. The Balaban J connectivity index is 1.85. The Morgan fingerprint density at radius 1 is 1.32 bits per heavy atom. The number of methoxy groups -OCH3 is 1. The molecule has 2 aromatic heterocycles. The van der Waals surface area contributed by atoms with Gasteiger partial charge in [-0.2, -0.15) is 5.10 Å². The lowest BCUT2D eigenvalue weighted by atomic mass is 10.2. The number of hydrazone groups is 1. The SMILES string of the molecule is COc1cc(/C=N/Nc2ncnc3sc(C(C)C)cc23)cc(Br)c1O. The molecule has 0 radical (unpaired) electrons. The lowest BCUT2D eigenvalue weighted by molar-refractivity contribution is 0.372. The molecule has 2 N–H and O–H groups in total. The number of benzene rings is 1. The molecule has 6 nitrogen and oxygen atoms in total. The van der Waals surface area contributed by atoms with Crippen LogP contribution in [0.4, 0.5) is 5.82 Å². The minimum atomic E-state index is 0.0598. The van der Waals surface area contributed by atoms with Crippen molar-refractivity contribution in [2.24, 2.45) is 5.10 Å². The maximum Gasteiger partial charge on any atom is 0.172 e. The highest BCUT2D eigenvalue weighted by molar-refractivity contribution is 9.10. The van der Waals surface area contributed by atoms with E-state index in [1.165, 1.54) is 18.3 Å². The van der Waals surface area contributed by atoms with E-state index in [9.17, 15) is 5.11 Å². The molecule has 0 aliphatic heterocycles. The summed E-state index contributed by atoms with van der Waals surface area (Å²) >= 11 is 4.96. The molecule has 3 aromatic rings. The molecule has 0 aliphatic carbocycles. The molecule has 0 spiro atoms. The van der Waals surface area contributed by atoms with E-state index in [0.717, 1.165) is 15.8 Å². The van der Waals surface area contributed by atoms with Crippen molar-refractivity contribution in [3.8, 4) is 11.5 Å². The minimum Gasteiger partial charge on any atom is -0.503 e. The van der Waals surface area contributed by atoms with Crippen LogP contribution in [0.25, 0.3) is 10.2 Å². The summed E-state index contributed by atoms with van der Waals surface area (Å²) in [6, 6.07) is 5.55. The number of nitrogens with one attached hydrogen (secondary N) is 1. The van der Waals surface area contributed by atoms with Gasteiger partial charge in [0.2, 0.25) is 0 Å². The fourth-order valence-corrected chi connectivity index (χ4v) is 3.70. The summed E-state index contributed by atoms with van der Waals surface area (Å²) in [4.78, 5) is 10.8. The molecule has 0 bridgehead atoms.